The largest absolute Gasteiger partial charge is 0.360 e. The molecule has 3 aliphatic heterocycles. The summed E-state index contributed by atoms with van der Waals surface area (Å²) >= 11 is 6.42. The average molecular weight is 354 g/mol. The van der Waals surface area contributed by atoms with Crippen LogP contribution in [0.2, 0.25) is 5.02 Å². The third-order valence-electron chi connectivity index (χ3n) is 5.56. The molecule has 1 aromatic carbocycles. The summed E-state index contributed by atoms with van der Waals surface area (Å²) in [5, 5.41) is 5.25. The molecular weight excluding hydrogens is 334 g/mol. The van der Waals surface area contributed by atoms with E-state index in [0.717, 1.165) is 34.6 Å². The maximum absolute atomic E-state index is 6.42. The Balaban J connectivity index is 1.48. The van der Waals surface area contributed by atoms with E-state index in [4.69, 9.17) is 16.6 Å². The summed E-state index contributed by atoms with van der Waals surface area (Å²) < 4.78 is 0. The SMILES string of the molecule is Clc1cnc(NC2CN3CCC2CC3)nc1-c1c[nH]c2ccccc12. The molecule has 1 unspecified atom stereocenters. The van der Waals surface area contributed by atoms with E-state index in [-0.39, 0.29) is 0 Å². The third-order valence-corrected chi connectivity index (χ3v) is 5.84. The number of hydrogen-bond donors (Lipinski definition) is 2. The number of anilines is 1. The predicted molar refractivity (Wildman–Crippen MR) is 101 cm³/mol. The van der Waals surface area contributed by atoms with E-state index in [0.29, 0.717) is 17.0 Å². The fraction of sp³-hybridized carbons (Fsp3) is 0.368. The van der Waals surface area contributed by atoms with Gasteiger partial charge in [0.25, 0.3) is 0 Å². The Morgan fingerprint density at radius 1 is 1.20 bits per heavy atom. The van der Waals surface area contributed by atoms with Crippen molar-refractivity contribution in [3.05, 3.63) is 41.7 Å². The van der Waals surface area contributed by atoms with E-state index in [1.807, 2.05) is 18.3 Å². The highest BCUT2D eigenvalue weighted by molar-refractivity contribution is 6.33. The molecule has 0 amide bonds. The Kier molecular flexibility index (Phi) is 3.64. The van der Waals surface area contributed by atoms with E-state index in [2.05, 4.69) is 32.3 Å². The fourth-order valence-corrected chi connectivity index (χ4v) is 4.38. The molecule has 0 radical (unpaired) electrons. The number of nitrogens with one attached hydrogen (secondary N) is 2. The number of para-hydroxylation sites is 1. The van der Waals surface area contributed by atoms with E-state index in [9.17, 15) is 0 Å². The molecule has 3 fully saturated rings. The van der Waals surface area contributed by atoms with Gasteiger partial charge in [-0.05, 0) is 37.9 Å². The first kappa shape index (κ1) is 15.2. The molecule has 0 saturated carbocycles. The van der Waals surface area contributed by atoms with Gasteiger partial charge in [0.2, 0.25) is 5.95 Å². The zero-order valence-corrected chi connectivity index (χ0v) is 14.6. The summed E-state index contributed by atoms with van der Waals surface area (Å²) in [6.07, 6.45) is 6.20. The lowest BCUT2D eigenvalue weighted by molar-refractivity contribution is 0.0972. The Morgan fingerprint density at radius 2 is 2.04 bits per heavy atom. The lowest BCUT2D eigenvalue weighted by Gasteiger charge is -2.44. The van der Waals surface area contributed by atoms with Crippen molar-refractivity contribution < 1.29 is 0 Å². The molecule has 128 valence electrons. The number of halogens is 1. The second-order valence-electron chi connectivity index (χ2n) is 7.03. The van der Waals surface area contributed by atoms with Gasteiger partial charge in [-0.25, -0.2) is 9.97 Å². The monoisotopic (exact) mass is 353 g/mol. The first-order valence-electron chi connectivity index (χ1n) is 8.86. The number of nitrogens with zero attached hydrogens (tertiary/aromatic N) is 3. The van der Waals surface area contributed by atoms with Crippen LogP contribution in [0.25, 0.3) is 22.2 Å². The molecule has 5 heterocycles. The first-order valence-corrected chi connectivity index (χ1v) is 9.23. The molecule has 3 aliphatic rings. The molecule has 1 atom stereocenters. The Labute approximate surface area is 151 Å². The lowest BCUT2D eigenvalue weighted by Crippen LogP contribution is -2.53. The quantitative estimate of drug-likeness (QED) is 0.752. The summed E-state index contributed by atoms with van der Waals surface area (Å²) in [7, 11) is 0. The molecular formula is C19H20ClN5. The Hall–Kier alpha value is -2.11. The average Bonchev–Trinajstić information content (AvgIpc) is 3.08. The van der Waals surface area contributed by atoms with Gasteiger partial charge in [0.05, 0.1) is 16.9 Å². The van der Waals surface area contributed by atoms with Crippen LogP contribution in [0.4, 0.5) is 5.95 Å². The van der Waals surface area contributed by atoms with Gasteiger partial charge in [0, 0.05) is 35.2 Å². The number of aromatic nitrogens is 3. The fourth-order valence-electron chi connectivity index (χ4n) is 4.19. The third kappa shape index (κ3) is 2.68. The Morgan fingerprint density at radius 3 is 2.84 bits per heavy atom. The van der Waals surface area contributed by atoms with Gasteiger partial charge in [0.1, 0.15) is 0 Å². The van der Waals surface area contributed by atoms with Crippen molar-refractivity contribution in [2.24, 2.45) is 5.92 Å². The van der Waals surface area contributed by atoms with Gasteiger partial charge in [-0.15, -0.1) is 0 Å². The molecule has 2 N–H and O–H groups in total. The zero-order valence-electron chi connectivity index (χ0n) is 13.9. The van der Waals surface area contributed by atoms with Crippen LogP contribution in [-0.2, 0) is 0 Å². The molecule has 6 rings (SSSR count). The molecule has 2 aromatic heterocycles. The summed E-state index contributed by atoms with van der Waals surface area (Å²) in [6, 6.07) is 8.62. The smallest absolute Gasteiger partial charge is 0.223 e. The summed E-state index contributed by atoms with van der Waals surface area (Å²) in [6.45, 7) is 3.54. The maximum atomic E-state index is 6.42. The first-order chi connectivity index (χ1) is 12.3. The van der Waals surface area contributed by atoms with Crippen molar-refractivity contribution in [2.45, 2.75) is 18.9 Å². The molecule has 5 nitrogen and oxygen atoms in total. The second kappa shape index (κ2) is 6.00. The number of benzene rings is 1. The van der Waals surface area contributed by atoms with Crippen LogP contribution < -0.4 is 5.32 Å². The van der Waals surface area contributed by atoms with Crippen molar-refractivity contribution in [1.29, 1.82) is 0 Å². The minimum atomic E-state index is 0.430. The summed E-state index contributed by atoms with van der Waals surface area (Å²) in [4.78, 5) is 15.0. The van der Waals surface area contributed by atoms with Crippen LogP contribution >= 0.6 is 11.6 Å². The van der Waals surface area contributed by atoms with Crippen LogP contribution in [0.3, 0.4) is 0 Å². The van der Waals surface area contributed by atoms with Crippen LogP contribution in [0.5, 0.6) is 0 Å². The van der Waals surface area contributed by atoms with Crippen molar-refractivity contribution in [1.82, 2.24) is 19.9 Å². The normalized spacial score (nSPS) is 25.4. The molecule has 25 heavy (non-hydrogen) atoms. The topological polar surface area (TPSA) is 56.8 Å². The predicted octanol–water partition coefficient (Wildman–Crippen LogP) is 3.78. The standard InChI is InChI=1S/C19H20ClN5/c20-15-10-22-19(23-17-11-25-7-5-12(17)6-8-25)24-18(15)14-9-21-16-4-2-1-3-13(14)16/h1-4,9-10,12,17,21H,5-8,11H2,(H,22,23,24). The number of piperidine rings is 3. The van der Waals surface area contributed by atoms with E-state index in [1.165, 1.54) is 25.9 Å². The molecule has 3 saturated heterocycles. The number of fused-ring (bicyclic) bond motifs is 4. The number of H-pyrrole nitrogens is 1. The number of rotatable bonds is 3. The highest BCUT2D eigenvalue weighted by atomic mass is 35.5. The highest BCUT2D eigenvalue weighted by Crippen LogP contribution is 2.33. The molecule has 3 aromatic rings. The van der Waals surface area contributed by atoms with Gasteiger partial charge in [-0.3, -0.25) is 0 Å². The molecule has 2 bridgehead atoms. The van der Waals surface area contributed by atoms with Crippen molar-refractivity contribution in [3.8, 4) is 11.3 Å². The van der Waals surface area contributed by atoms with Gasteiger partial charge in [0.15, 0.2) is 0 Å². The number of aromatic amines is 1. The van der Waals surface area contributed by atoms with Crippen LogP contribution in [0.1, 0.15) is 12.8 Å². The summed E-state index contributed by atoms with van der Waals surface area (Å²) in [5.74, 6) is 1.39. The van der Waals surface area contributed by atoms with E-state index in [1.54, 1.807) is 6.20 Å². The van der Waals surface area contributed by atoms with Crippen molar-refractivity contribution >= 4 is 28.5 Å². The van der Waals surface area contributed by atoms with E-state index >= 15 is 0 Å². The van der Waals surface area contributed by atoms with Gasteiger partial charge < -0.3 is 15.2 Å². The Bertz CT molecular complexity index is 913. The highest BCUT2D eigenvalue weighted by Gasteiger charge is 2.34. The molecule has 0 aliphatic carbocycles. The lowest BCUT2D eigenvalue weighted by atomic mass is 9.84. The van der Waals surface area contributed by atoms with Gasteiger partial charge >= 0.3 is 0 Å². The van der Waals surface area contributed by atoms with E-state index < -0.39 is 0 Å². The minimum absolute atomic E-state index is 0.430. The minimum Gasteiger partial charge on any atom is -0.360 e. The van der Waals surface area contributed by atoms with Crippen molar-refractivity contribution in [3.63, 3.8) is 0 Å². The maximum Gasteiger partial charge on any atom is 0.223 e. The van der Waals surface area contributed by atoms with Gasteiger partial charge in [-0.2, -0.15) is 0 Å². The summed E-state index contributed by atoms with van der Waals surface area (Å²) in [5.41, 5.74) is 2.87. The number of hydrogen-bond acceptors (Lipinski definition) is 4. The van der Waals surface area contributed by atoms with Crippen LogP contribution in [-0.4, -0.2) is 45.5 Å². The van der Waals surface area contributed by atoms with Gasteiger partial charge in [-0.1, -0.05) is 29.8 Å². The van der Waals surface area contributed by atoms with Crippen molar-refractivity contribution in [2.75, 3.05) is 25.0 Å². The van der Waals surface area contributed by atoms with Crippen LogP contribution in [0, 0.1) is 5.92 Å². The second-order valence-corrected chi connectivity index (χ2v) is 7.43. The molecule has 0 spiro atoms. The zero-order chi connectivity index (χ0) is 16.8. The molecule has 6 heteroatoms. The van der Waals surface area contributed by atoms with Crippen LogP contribution in [0.15, 0.2) is 36.7 Å².